The van der Waals surface area contributed by atoms with Crippen molar-refractivity contribution < 1.29 is 19.4 Å². The van der Waals surface area contributed by atoms with E-state index in [0.717, 1.165) is 36.2 Å². The Morgan fingerprint density at radius 2 is 2.10 bits per heavy atom. The second-order valence-corrected chi connectivity index (χ2v) is 5.09. The first-order valence-corrected chi connectivity index (χ1v) is 7.28. The monoisotopic (exact) mass is 345 g/mol. The lowest BCUT2D eigenvalue weighted by Crippen LogP contribution is -2.07. The van der Waals surface area contributed by atoms with E-state index in [-0.39, 0.29) is 5.56 Å². The number of nitrogens with one attached hydrogen (secondary N) is 1. The van der Waals surface area contributed by atoms with Gasteiger partial charge < -0.3 is 19.9 Å². The van der Waals surface area contributed by atoms with Crippen molar-refractivity contribution in [1.29, 1.82) is 0 Å². The smallest absolute Gasteiger partial charge is 0.335 e. The van der Waals surface area contributed by atoms with Gasteiger partial charge in [-0.1, -0.05) is 0 Å². The maximum absolute atomic E-state index is 10.8. The molecule has 0 aliphatic rings. The number of halogens is 1. The summed E-state index contributed by atoms with van der Waals surface area (Å²) in [5, 5.41) is 12.1. The van der Waals surface area contributed by atoms with Crippen LogP contribution in [0.15, 0.2) is 22.7 Å². The average Bonchev–Trinajstić information content (AvgIpc) is 2.43. The first-order valence-electron chi connectivity index (χ1n) is 6.48. The summed E-state index contributed by atoms with van der Waals surface area (Å²) in [4.78, 5) is 10.8. The predicted octanol–water partition coefficient (Wildman–Crippen LogP) is 3.00. The van der Waals surface area contributed by atoms with Crippen molar-refractivity contribution in [2.45, 2.75) is 12.8 Å². The second kappa shape index (κ2) is 9.74. The fraction of sp³-hybridized carbons (Fsp3) is 0.500. The number of methoxy groups -OCH3 is 1. The molecule has 0 saturated carbocycles. The van der Waals surface area contributed by atoms with Gasteiger partial charge in [0.25, 0.3) is 0 Å². The summed E-state index contributed by atoms with van der Waals surface area (Å²) in [6, 6.07) is 4.95. The molecule has 0 bridgehead atoms. The summed E-state index contributed by atoms with van der Waals surface area (Å²) < 4.78 is 11.0. The van der Waals surface area contributed by atoms with E-state index in [0.29, 0.717) is 13.2 Å². The van der Waals surface area contributed by atoms with Crippen LogP contribution in [0.1, 0.15) is 23.2 Å². The summed E-state index contributed by atoms with van der Waals surface area (Å²) in [5.41, 5.74) is 1.17. The van der Waals surface area contributed by atoms with Gasteiger partial charge in [0.15, 0.2) is 0 Å². The maximum atomic E-state index is 10.8. The van der Waals surface area contributed by atoms with Gasteiger partial charge in [-0.3, -0.25) is 0 Å². The summed E-state index contributed by atoms with van der Waals surface area (Å²) in [6.45, 7) is 2.80. The third-order valence-electron chi connectivity index (χ3n) is 2.68. The molecule has 5 nitrogen and oxygen atoms in total. The van der Waals surface area contributed by atoms with E-state index in [1.165, 1.54) is 0 Å². The van der Waals surface area contributed by atoms with Gasteiger partial charge in [0.1, 0.15) is 0 Å². The van der Waals surface area contributed by atoms with Crippen LogP contribution in [-0.2, 0) is 9.47 Å². The average molecular weight is 346 g/mol. The highest BCUT2D eigenvalue weighted by Gasteiger charge is 2.06. The third-order valence-corrected chi connectivity index (χ3v) is 3.33. The Bertz CT molecular complexity index is 426. The van der Waals surface area contributed by atoms with Crippen LogP contribution in [0.4, 0.5) is 5.69 Å². The van der Waals surface area contributed by atoms with Crippen LogP contribution in [0.3, 0.4) is 0 Å². The number of hydrogen-bond donors (Lipinski definition) is 2. The first kappa shape index (κ1) is 16.9. The molecule has 0 aliphatic heterocycles. The molecule has 0 aromatic heterocycles. The number of anilines is 1. The van der Waals surface area contributed by atoms with Crippen LogP contribution < -0.4 is 5.32 Å². The molecule has 0 aliphatic carbocycles. The third kappa shape index (κ3) is 6.36. The van der Waals surface area contributed by atoms with Gasteiger partial charge >= 0.3 is 5.97 Å². The van der Waals surface area contributed by atoms with Gasteiger partial charge in [-0.15, -0.1) is 0 Å². The van der Waals surface area contributed by atoms with Crippen molar-refractivity contribution in [3.8, 4) is 0 Å². The summed E-state index contributed by atoms with van der Waals surface area (Å²) >= 11 is 3.36. The molecular weight excluding hydrogens is 326 g/mol. The molecule has 112 valence electrons. The van der Waals surface area contributed by atoms with E-state index < -0.39 is 5.97 Å². The van der Waals surface area contributed by atoms with Crippen LogP contribution in [-0.4, -0.2) is 44.6 Å². The largest absolute Gasteiger partial charge is 0.478 e. The first-order chi connectivity index (χ1) is 9.65. The van der Waals surface area contributed by atoms with Crippen LogP contribution >= 0.6 is 15.9 Å². The Morgan fingerprint density at radius 1 is 1.30 bits per heavy atom. The maximum Gasteiger partial charge on any atom is 0.335 e. The zero-order valence-electron chi connectivity index (χ0n) is 11.5. The highest BCUT2D eigenvalue weighted by Crippen LogP contribution is 2.23. The van der Waals surface area contributed by atoms with Crippen LogP contribution in [0.2, 0.25) is 0 Å². The molecular formula is C14H20BrNO4. The minimum Gasteiger partial charge on any atom is -0.478 e. The molecule has 0 spiro atoms. The van der Waals surface area contributed by atoms with Gasteiger partial charge in [-0.05, 0) is 47.0 Å². The van der Waals surface area contributed by atoms with Crippen molar-refractivity contribution in [3.05, 3.63) is 28.2 Å². The zero-order chi connectivity index (χ0) is 14.8. The number of aromatic carboxylic acids is 1. The van der Waals surface area contributed by atoms with Gasteiger partial charge in [0.2, 0.25) is 0 Å². The van der Waals surface area contributed by atoms with E-state index in [4.69, 9.17) is 14.6 Å². The number of hydrogen-bond acceptors (Lipinski definition) is 4. The number of carbonyl (C=O) groups is 1. The molecule has 1 rings (SSSR count). The predicted molar refractivity (Wildman–Crippen MR) is 81.5 cm³/mol. The van der Waals surface area contributed by atoms with Crippen molar-refractivity contribution in [3.63, 3.8) is 0 Å². The fourth-order valence-electron chi connectivity index (χ4n) is 1.59. The topological polar surface area (TPSA) is 67.8 Å². The van der Waals surface area contributed by atoms with Gasteiger partial charge in [0.05, 0.1) is 18.8 Å². The van der Waals surface area contributed by atoms with Gasteiger partial charge in [0, 0.05) is 30.4 Å². The van der Waals surface area contributed by atoms with Crippen molar-refractivity contribution >= 4 is 27.6 Å². The Kier molecular flexibility index (Phi) is 8.25. The normalized spacial score (nSPS) is 10.5. The molecule has 0 saturated heterocycles. The molecule has 6 heteroatoms. The molecule has 0 atom stereocenters. The molecule has 1 aromatic rings. The molecule has 0 radical (unpaired) electrons. The Labute approximate surface area is 127 Å². The van der Waals surface area contributed by atoms with Crippen molar-refractivity contribution in [1.82, 2.24) is 0 Å². The lowest BCUT2D eigenvalue weighted by atomic mass is 10.2. The number of carboxylic acids is 1. The second-order valence-electron chi connectivity index (χ2n) is 4.24. The Morgan fingerprint density at radius 3 is 2.75 bits per heavy atom. The van der Waals surface area contributed by atoms with Crippen molar-refractivity contribution in [2.75, 3.05) is 38.8 Å². The molecule has 1 aromatic carbocycles. The standard InChI is InChI=1S/C14H20BrNO4/c1-19-8-9-20-7-3-2-6-16-13-5-4-11(14(17)18)10-12(13)15/h4-5,10,16H,2-3,6-9H2,1H3,(H,17,18). The van der Waals surface area contributed by atoms with E-state index in [1.54, 1.807) is 25.3 Å². The van der Waals surface area contributed by atoms with Crippen LogP contribution in [0.5, 0.6) is 0 Å². The number of benzene rings is 1. The lowest BCUT2D eigenvalue weighted by Gasteiger charge is -2.09. The van der Waals surface area contributed by atoms with Crippen molar-refractivity contribution in [2.24, 2.45) is 0 Å². The molecule has 2 N–H and O–H groups in total. The molecule has 20 heavy (non-hydrogen) atoms. The SMILES string of the molecule is COCCOCCCCNc1ccc(C(=O)O)cc1Br. The Hall–Kier alpha value is -1.11. The molecule has 0 fully saturated rings. The summed E-state index contributed by atoms with van der Waals surface area (Å²) in [7, 11) is 1.65. The number of ether oxygens (including phenoxy) is 2. The number of rotatable bonds is 10. The van der Waals surface area contributed by atoms with E-state index in [2.05, 4.69) is 21.2 Å². The van der Waals surface area contributed by atoms with Crippen LogP contribution in [0.25, 0.3) is 0 Å². The number of carboxylic acid groups (broad SMARTS) is 1. The molecule has 0 heterocycles. The van der Waals surface area contributed by atoms with E-state index >= 15 is 0 Å². The minimum absolute atomic E-state index is 0.272. The fourth-order valence-corrected chi connectivity index (χ4v) is 2.11. The van der Waals surface area contributed by atoms with Gasteiger partial charge in [-0.2, -0.15) is 0 Å². The quantitative estimate of drug-likeness (QED) is 0.638. The zero-order valence-corrected chi connectivity index (χ0v) is 13.1. The van der Waals surface area contributed by atoms with E-state index in [9.17, 15) is 4.79 Å². The summed E-state index contributed by atoms with van der Waals surface area (Å²) in [5.74, 6) is -0.926. The highest BCUT2D eigenvalue weighted by molar-refractivity contribution is 9.10. The summed E-state index contributed by atoms with van der Waals surface area (Å²) in [6.07, 6.45) is 1.96. The molecule has 0 unspecified atom stereocenters. The minimum atomic E-state index is -0.926. The Balaban J connectivity index is 2.20. The number of unbranched alkanes of at least 4 members (excludes halogenated alkanes) is 1. The highest BCUT2D eigenvalue weighted by atomic mass is 79.9. The van der Waals surface area contributed by atoms with Gasteiger partial charge in [-0.25, -0.2) is 4.79 Å². The van der Waals surface area contributed by atoms with Crippen LogP contribution in [0, 0.1) is 0 Å². The van der Waals surface area contributed by atoms with E-state index in [1.807, 2.05) is 0 Å². The lowest BCUT2D eigenvalue weighted by molar-refractivity contribution is 0.0691. The molecule has 0 amide bonds.